The molecule has 1 aliphatic heterocycles. The molecule has 1 atom stereocenters. The van der Waals surface area contributed by atoms with Crippen molar-refractivity contribution in [3.05, 3.63) is 59.0 Å². The molecule has 28 heavy (non-hydrogen) atoms. The number of amides is 1. The Kier molecular flexibility index (Phi) is 3.89. The van der Waals surface area contributed by atoms with Gasteiger partial charge in [0.15, 0.2) is 11.3 Å². The van der Waals surface area contributed by atoms with Gasteiger partial charge in [0.25, 0.3) is 5.91 Å². The number of carbonyl (C=O) groups is 1. The van der Waals surface area contributed by atoms with Gasteiger partial charge in [0, 0.05) is 29.7 Å². The Balaban J connectivity index is 1.64. The van der Waals surface area contributed by atoms with Crippen LogP contribution in [0.3, 0.4) is 0 Å². The number of methoxy groups -OCH3 is 1. The smallest absolute Gasteiger partial charge is 0.259 e. The molecular formula is C20H16N6O2. The topological polar surface area (TPSA) is 103 Å². The molecule has 0 spiro atoms. The number of nitrogens with zero attached hydrogens (tertiary/aromatic N) is 6. The molecule has 0 aromatic carbocycles. The summed E-state index contributed by atoms with van der Waals surface area (Å²) in [4.78, 5) is 38.5. The highest BCUT2D eigenvalue weighted by Gasteiger charge is 2.31. The van der Waals surface area contributed by atoms with Gasteiger partial charge in [0.1, 0.15) is 11.9 Å². The van der Waals surface area contributed by atoms with Crippen molar-refractivity contribution in [3.8, 4) is 17.3 Å². The molecule has 8 heteroatoms. The van der Waals surface area contributed by atoms with Crippen molar-refractivity contribution in [1.82, 2.24) is 24.9 Å². The fourth-order valence-electron chi connectivity index (χ4n) is 3.35. The molecule has 1 saturated carbocycles. The number of pyridine rings is 1. The maximum atomic E-state index is 12.6. The molecule has 0 saturated heterocycles. The van der Waals surface area contributed by atoms with E-state index in [1.54, 1.807) is 31.8 Å². The molecule has 3 aromatic heterocycles. The summed E-state index contributed by atoms with van der Waals surface area (Å²) in [6.45, 7) is 0. The van der Waals surface area contributed by atoms with Gasteiger partial charge >= 0.3 is 0 Å². The van der Waals surface area contributed by atoms with Crippen LogP contribution in [0.4, 0.5) is 0 Å². The standard InChI is InChI=1S/C20H16N6O2/c1-28-20-15(16(11-4-5-11)23-10-24-20)18-22-9-13-7-14(12-3-2-6-21-8-12)19(27)26-17(13)25-18/h2-3,6-11,14H,4-5H2,1H3. The van der Waals surface area contributed by atoms with E-state index in [2.05, 4.69) is 29.9 Å². The fourth-order valence-corrected chi connectivity index (χ4v) is 3.35. The zero-order valence-corrected chi connectivity index (χ0v) is 15.1. The third-order valence-electron chi connectivity index (χ3n) is 4.89. The molecule has 3 aromatic rings. The molecule has 1 amide bonds. The zero-order valence-electron chi connectivity index (χ0n) is 15.1. The minimum Gasteiger partial charge on any atom is -0.480 e. The van der Waals surface area contributed by atoms with Gasteiger partial charge in [-0.05, 0) is 24.5 Å². The molecular weight excluding hydrogens is 356 g/mol. The summed E-state index contributed by atoms with van der Waals surface area (Å²) in [6, 6.07) is 3.66. The first-order valence-corrected chi connectivity index (χ1v) is 9.01. The maximum absolute atomic E-state index is 12.6. The summed E-state index contributed by atoms with van der Waals surface area (Å²) in [7, 11) is 1.56. The third kappa shape index (κ3) is 2.83. The number of hydrogen-bond acceptors (Lipinski definition) is 7. The molecule has 0 N–H and O–H groups in total. The molecule has 5 rings (SSSR count). The fraction of sp³-hybridized carbons (Fsp3) is 0.250. The lowest BCUT2D eigenvalue weighted by Gasteiger charge is -2.13. The van der Waals surface area contributed by atoms with E-state index in [0.717, 1.165) is 24.1 Å². The van der Waals surface area contributed by atoms with E-state index in [-0.39, 0.29) is 5.91 Å². The van der Waals surface area contributed by atoms with Crippen molar-refractivity contribution < 1.29 is 9.53 Å². The van der Waals surface area contributed by atoms with Crippen LogP contribution in [-0.2, 0) is 4.79 Å². The van der Waals surface area contributed by atoms with Crippen molar-refractivity contribution in [2.45, 2.75) is 24.7 Å². The predicted molar refractivity (Wildman–Crippen MR) is 98.8 cm³/mol. The van der Waals surface area contributed by atoms with Crippen LogP contribution in [0.15, 0.2) is 42.0 Å². The lowest BCUT2D eigenvalue weighted by molar-refractivity contribution is -0.118. The molecule has 1 fully saturated rings. The number of hydrogen-bond donors (Lipinski definition) is 0. The van der Waals surface area contributed by atoms with Crippen LogP contribution in [0.2, 0.25) is 0 Å². The third-order valence-corrected chi connectivity index (χ3v) is 4.89. The summed E-state index contributed by atoms with van der Waals surface area (Å²) >= 11 is 0. The number of ether oxygens (including phenoxy) is 1. The first kappa shape index (κ1) is 16.6. The summed E-state index contributed by atoms with van der Waals surface area (Å²) in [5.41, 5.74) is 2.70. The van der Waals surface area contributed by atoms with Crippen molar-refractivity contribution in [3.63, 3.8) is 0 Å². The Morgan fingerprint density at radius 1 is 1.14 bits per heavy atom. The highest BCUT2D eigenvalue weighted by atomic mass is 16.5. The largest absolute Gasteiger partial charge is 0.480 e. The summed E-state index contributed by atoms with van der Waals surface area (Å²) in [5.74, 6) is 0.460. The minimum atomic E-state index is -0.479. The van der Waals surface area contributed by atoms with Crippen LogP contribution in [-0.4, -0.2) is 37.9 Å². The monoisotopic (exact) mass is 372 g/mol. The first-order valence-electron chi connectivity index (χ1n) is 9.01. The molecule has 1 aliphatic carbocycles. The van der Waals surface area contributed by atoms with E-state index in [9.17, 15) is 4.79 Å². The Bertz CT molecular complexity index is 1190. The molecule has 1 unspecified atom stereocenters. The maximum Gasteiger partial charge on any atom is 0.259 e. The van der Waals surface area contributed by atoms with E-state index >= 15 is 0 Å². The lowest BCUT2D eigenvalue weighted by Crippen LogP contribution is -2.36. The second-order valence-corrected chi connectivity index (χ2v) is 6.77. The molecule has 0 bridgehead atoms. The molecule has 4 heterocycles. The number of carbonyl (C=O) groups excluding carboxylic acids is 1. The van der Waals surface area contributed by atoms with Gasteiger partial charge < -0.3 is 4.74 Å². The normalized spacial score (nSPS) is 18.0. The highest BCUT2D eigenvalue weighted by Crippen LogP contribution is 2.44. The molecule has 2 aliphatic rings. The average molecular weight is 372 g/mol. The van der Waals surface area contributed by atoms with Crippen molar-refractivity contribution >= 4 is 12.0 Å². The van der Waals surface area contributed by atoms with E-state index in [1.165, 1.54) is 6.33 Å². The van der Waals surface area contributed by atoms with Crippen molar-refractivity contribution in [2.24, 2.45) is 4.99 Å². The second kappa shape index (κ2) is 6.56. The van der Waals surface area contributed by atoms with E-state index in [1.807, 2.05) is 12.1 Å². The molecule has 0 radical (unpaired) electrons. The van der Waals surface area contributed by atoms with E-state index in [4.69, 9.17) is 4.74 Å². The van der Waals surface area contributed by atoms with Crippen LogP contribution >= 0.6 is 0 Å². The van der Waals surface area contributed by atoms with Crippen LogP contribution in [0, 0.1) is 0 Å². The zero-order chi connectivity index (χ0) is 19.1. The van der Waals surface area contributed by atoms with E-state index in [0.29, 0.717) is 33.9 Å². The lowest BCUT2D eigenvalue weighted by atomic mass is 9.98. The number of fused-ring (bicyclic) bond motifs is 1. The van der Waals surface area contributed by atoms with Gasteiger partial charge in [-0.1, -0.05) is 12.1 Å². The van der Waals surface area contributed by atoms with Crippen LogP contribution in [0.1, 0.15) is 35.9 Å². The van der Waals surface area contributed by atoms with Gasteiger partial charge in [-0.25, -0.2) is 19.9 Å². The summed E-state index contributed by atoms with van der Waals surface area (Å²) in [5, 5.41) is 0.709. The van der Waals surface area contributed by atoms with Gasteiger partial charge in [0.05, 0.1) is 18.7 Å². The Morgan fingerprint density at radius 2 is 2.04 bits per heavy atom. The predicted octanol–water partition coefficient (Wildman–Crippen LogP) is 0.939. The Labute approximate surface area is 160 Å². The molecule has 8 nitrogen and oxygen atoms in total. The van der Waals surface area contributed by atoms with Gasteiger partial charge in [-0.2, -0.15) is 4.99 Å². The Morgan fingerprint density at radius 3 is 2.79 bits per heavy atom. The van der Waals surface area contributed by atoms with Gasteiger partial charge in [-0.15, -0.1) is 0 Å². The van der Waals surface area contributed by atoms with Crippen LogP contribution in [0.25, 0.3) is 17.5 Å². The summed E-state index contributed by atoms with van der Waals surface area (Å²) < 4.78 is 5.42. The van der Waals surface area contributed by atoms with Gasteiger partial charge in [-0.3, -0.25) is 9.78 Å². The Hall–Kier alpha value is -3.55. The van der Waals surface area contributed by atoms with Crippen molar-refractivity contribution in [1.29, 1.82) is 0 Å². The van der Waals surface area contributed by atoms with Crippen molar-refractivity contribution in [2.75, 3.05) is 7.11 Å². The summed E-state index contributed by atoms with van der Waals surface area (Å²) in [6.07, 6.45) is 10.5. The second-order valence-electron chi connectivity index (χ2n) is 6.77. The first-order chi connectivity index (χ1) is 13.7. The number of aromatic nitrogens is 5. The SMILES string of the molecule is COc1ncnc(C2CC2)c1-c1ncc2c(n1)=NC(=O)C(c1cccnc1)C=2. The average Bonchev–Trinajstić information content (AvgIpc) is 3.58. The van der Waals surface area contributed by atoms with Crippen LogP contribution < -0.4 is 15.4 Å². The van der Waals surface area contributed by atoms with Gasteiger partial charge in [0.2, 0.25) is 5.88 Å². The van der Waals surface area contributed by atoms with E-state index < -0.39 is 5.92 Å². The molecule has 138 valence electrons. The quantitative estimate of drug-likeness (QED) is 0.671. The minimum absolute atomic E-state index is 0.274. The number of rotatable bonds is 4. The van der Waals surface area contributed by atoms with Crippen LogP contribution in [0.5, 0.6) is 5.88 Å². The highest BCUT2D eigenvalue weighted by molar-refractivity contribution is 5.91.